The van der Waals surface area contributed by atoms with E-state index in [4.69, 9.17) is 9.16 Å². The molecule has 6 nitrogen and oxygen atoms in total. The topological polar surface area (TPSA) is 85.2 Å². The average Bonchev–Trinajstić information content (AvgIpc) is 2.77. The Bertz CT molecular complexity index is 1130. The summed E-state index contributed by atoms with van der Waals surface area (Å²) in [6, 6.07) is 9.15. The molecule has 2 unspecified atom stereocenters. The van der Waals surface area contributed by atoms with Crippen molar-refractivity contribution >= 4 is 48.9 Å². The fourth-order valence-electron chi connectivity index (χ4n) is 2.97. The smallest absolute Gasteiger partial charge is 0.322 e. The molecule has 2 aromatic carbocycles. The summed E-state index contributed by atoms with van der Waals surface area (Å²) in [6.45, 7) is 12.0. The predicted molar refractivity (Wildman–Crippen MR) is 146 cm³/mol. The summed E-state index contributed by atoms with van der Waals surface area (Å²) in [5.41, 5.74) is -0.0203. The SMILES string of the molecule is CCOC(=O)C(C=NCC(O)c1cccc(O[Si](C)(C)C(C)(C)C)c1)C(=O)c1cc(I)cc(F)c1F. The van der Waals surface area contributed by atoms with Crippen LogP contribution in [0.5, 0.6) is 5.75 Å². The summed E-state index contributed by atoms with van der Waals surface area (Å²) < 4.78 is 39.7. The zero-order valence-corrected chi connectivity index (χ0v) is 24.4. The van der Waals surface area contributed by atoms with E-state index in [1.807, 2.05) is 6.07 Å². The van der Waals surface area contributed by atoms with Gasteiger partial charge in [0.1, 0.15) is 5.75 Å². The summed E-state index contributed by atoms with van der Waals surface area (Å²) in [5.74, 6) is -5.41. The van der Waals surface area contributed by atoms with Crippen molar-refractivity contribution in [2.75, 3.05) is 13.2 Å². The molecule has 2 aromatic rings. The number of carbonyl (C=O) groups excluding carboxylic acids is 2. The van der Waals surface area contributed by atoms with E-state index < -0.39 is 49.3 Å². The molecular formula is C26H32F2INO5Si. The van der Waals surface area contributed by atoms with E-state index in [9.17, 15) is 23.5 Å². The molecule has 0 aliphatic rings. The van der Waals surface area contributed by atoms with E-state index in [2.05, 4.69) is 38.9 Å². The van der Waals surface area contributed by atoms with Crippen LogP contribution in [0.4, 0.5) is 8.78 Å². The van der Waals surface area contributed by atoms with Gasteiger partial charge in [0.05, 0.1) is 24.8 Å². The minimum absolute atomic E-state index is 0.000226. The van der Waals surface area contributed by atoms with E-state index in [-0.39, 0.29) is 18.2 Å². The molecule has 0 aromatic heterocycles. The summed E-state index contributed by atoms with van der Waals surface area (Å²) >= 11 is 1.75. The van der Waals surface area contributed by atoms with Gasteiger partial charge in [-0.3, -0.25) is 14.6 Å². The third kappa shape index (κ3) is 7.66. The number of Topliss-reactive ketones (excluding diaryl/α,β-unsaturated/α-hetero) is 1. The average molecular weight is 632 g/mol. The van der Waals surface area contributed by atoms with Gasteiger partial charge < -0.3 is 14.3 Å². The largest absolute Gasteiger partial charge is 0.543 e. The number of esters is 1. The van der Waals surface area contributed by atoms with Gasteiger partial charge in [0.2, 0.25) is 8.32 Å². The number of nitrogens with zero attached hydrogens (tertiary/aromatic N) is 1. The number of aliphatic hydroxyl groups excluding tert-OH is 1. The number of aliphatic hydroxyl groups is 1. The van der Waals surface area contributed by atoms with Crippen molar-refractivity contribution in [3.63, 3.8) is 0 Å². The molecular weight excluding hydrogens is 599 g/mol. The Balaban J connectivity index is 2.23. The molecule has 0 aliphatic carbocycles. The van der Waals surface area contributed by atoms with Crippen LogP contribution >= 0.6 is 22.6 Å². The van der Waals surface area contributed by atoms with Crippen molar-refractivity contribution in [1.82, 2.24) is 0 Å². The number of carbonyl (C=O) groups is 2. The van der Waals surface area contributed by atoms with E-state index >= 15 is 0 Å². The molecule has 1 N–H and O–H groups in total. The summed E-state index contributed by atoms with van der Waals surface area (Å²) in [6.07, 6.45) is -0.0366. The van der Waals surface area contributed by atoms with Crippen molar-refractivity contribution in [1.29, 1.82) is 0 Å². The first-order valence-electron chi connectivity index (χ1n) is 11.5. The van der Waals surface area contributed by atoms with E-state index in [0.29, 0.717) is 14.9 Å². The zero-order chi connectivity index (χ0) is 27.3. The Morgan fingerprint density at radius 3 is 2.47 bits per heavy atom. The van der Waals surface area contributed by atoms with Gasteiger partial charge in [-0.2, -0.15) is 0 Å². The highest BCUT2D eigenvalue weighted by atomic mass is 127. The summed E-state index contributed by atoms with van der Waals surface area (Å²) in [5, 5.41) is 10.7. The molecule has 196 valence electrons. The fourth-order valence-corrected chi connectivity index (χ4v) is 4.58. The lowest BCUT2D eigenvalue weighted by atomic mass is 9.98. The lowest BCUT2D eigenvalue weighted by Crippen LogP contribution is -2.43. The number of hydrogen-bond donors (Lipinski definition) is 1. The van der Waals surface area contributed by atoms with Crippen molar-refractivity contribution in [2.45, 2.75) is 51.9 Å². The van der Waals surface area contributed by atoms with Crippen LogP contribution in [0.3, 0.4) is 0 Å². The Morgan fingerprint density at radius 1 is 1.19 bits per heavy atom. The summed E-state index contributed by atoms with van der Waals surface area (Å²) in [4.78, 5) is 29.4. The molecule has 10 heteroatoms. The highest BCUT2D eigenvalue weighted by Gasteiger charge is 2.39. The Hall–Kier alpha value is -2.18. The number of halogens is 3. The maximum absolute atomic E-state index is 14.3. The molecule has 0 saturated heterocycles. The van der Waals surface area contributed by atoms with Gasteiger partial charge in [-0.1, -0.05) is 32.9 Å². The maximum Gasteiger partial charge on any atom is 0.322 e. The van der Waals surface area contributed by atoms with Crippen LogP contribution in [0.25, 0.3) is 0 Å². The van der Waals surface area contributed by atoms with Gasteiger partial charge in [-0.25, -0.2) is 8.78 Å². The van der Waals surface area contributed by atoms with Crippen LogP contribution < -0.4 is 4.43 Å². The molecule has 0 fully saturated rings. The first kappa shape index (κ1) is 30.0. The predicted octanol–water partition coefficient (Wildman–Crippen LogP) is 6.12. The fraction of sp³-hybridized carbons (Fsp3) is 0.423. The molecule has 0 bridgehead atoms. The number of hydrogen-bond acceptors (Lipinski definition) is 6. The molecule has 2 rings (SSSR count). The van der Waals surface area contributed by atoms with E-state index in [1.54, 1.807) is 47.7 Å². The summed E-state index contributed by atoms with van der Waals surface area (Å²) in [7, 11) is -2.08. The standard InChI is InChI=1S/C26H32F2INO5Si/c1-7-34-25(33)20(24(32)19-12-17(29)13-21(27)23(19)28)14-30-15-22(31)16-9-8-10-18(11-16)35-36(5,6)26(2,3)4/h8-14,20,22,31H,7,15H2,1-6H3. The second-order valence-corrected chi connectivity index (χ2v) is 15.8. The van der Waals surface area contributed by atoms with Gasteiger partial charge in [-0.15, -0.1) is 0 Å². The van der Waals surface area contributed by atoms with Crippen LogP contribution in [-0.4, -0.2) is 44.5 Å². The van der Waals surface area contributed by atoms with Gasteiger partial charge in [0.15, 0.2) is 23.3 Å². The third-order valence-corrected chi connectivity index (χ3v) is 11.0. The number of benzene rings is 2. The second kappa shape index (κ2) is 12.4. The van der Waals surface area contributed by atoms with Crippen LogP contribution in [0.1, 0.15) is 49.7 Å². The maximum atomic E-state index is 14.3. The van der Waals surface area contributed by atoms with Gasteiger partial charge in [0.25, 0.3) is 0 Å². The molecule has 2 atom stereocenters. The number of aliphatic imine (C=N–C) groups is 1. The van der Waals surface area contributed by atoms with Crippen molar-refractivity contribution in [3.05, 3.63) is 62.7 Å². The van der Waals surface area contributed by atoms with Crippen molar-refractivity contribution in [3.8, 4) is 5.75 Å². The molecule has 0 radical (unpaired) electrons. The van der Waals surface area contributed by atoms with E-state index in [0.717, 1.165) is 18.3 Å². The monoisotopic (exact) mass is 631 g/mol. The second-order valence-electron chi connectivity index (χ2n) is 9.81. The van der Waals surface area contributed by atoms with Crippen LogP contribution in [0, 0.1) is 21.1 Å². The Labute approximate surface area is 225 Å². The highest BCUT2D eigenvalue weighted by Crippen LogP contribution is 2.37. The first-order chi connectivity index (χ1) is 16.7. The number of rotatable bonds is 10. The van der Waals surface area contributed by atoms with Crippen molar-refractivity contribution < 1.29 is 32.6 Å². The lowest BCUT2D eigenvalue weighted by Gasteiger charge is -2.36. The van der Waals surface area contributed by atoms with Gasteiger partial charge in [-0.05, 0) is 77.5 Å². The normalized spacial score (nSPS) is 13.9. The molecule has 36 heavy (non-hydrogen) atoms. The first-order valence-corrected chi connectivity index (χ1v) is 15.5. The minimum Gasteiger partial charge on any atom is -0.543 e. The third-order valence-electron chi connectivity index (χ3n) is 6.04. The van der Waals surface area contributed by atoms with Crippen molar-refractivity contribution in [2.24, 2.45) is 10.9 Å². The Morgan fingerprint density at radius 2 is 1.86 bits per heavy atom. The number of ketones is 1. The van der Waals surface area contributed by atoms with Crippen LogP contribution in [-0.2, 0) is 9.53 Å². The van der Waals surface area contributed by atoms with Crippen LogP contribution in [0.2, 0.25) is 18.1 Å². The minimum atomic E-state index is -2.08. The quantitative estimate of drug-likeness (QED) is 0.0650. The zero-order valence-electron chi connectivity index (χ0n) is 21.3. The lowest BCUT2D eigenvalue weighted by molar-refractivity contribution is -0.144. The molecule has 0 saturated carbocycles. The number of ether oxygens (including phenoxy) is 1. The van der Waals surface area contributed by atoms with Gasteiger partial charge in [0, 0.05) is 9.78 Å². The van der Waals surface area contributed by atoms with Gasteiger partial charge >= 0.3 is 5.97 Å². The van der Waals surface area contributed by atoms with E-state index in [1.165, 1.54) is 0 Å². The highest BCUT2D eigenvalue weighted by molar-refractivity contribution is 14.1. The molecule has 0 aliphatic heterocycles. The Kier molecular flexibility index (Phi) is 10.3. The molecule has 0 spiro atoms. The molecule has 0 heterocycles. The molecule has 0 amide bonds. The van der Waals surface area contributed by atoms with Crippen LogP contribution in [0.15, 0.2) is 41.4 Å².